The van der Waals surface area contributed by atoms with Gasteiger partial charge in [0.1, 0.15) is 5.69 Å². The zero-order valence-corrected chi connectivity index (χ0v) is 16.0. The molecule has 28 heavy (non-hydrogen) atoms. The number of carbonyl (C=O) groups is 2. The molecule has 2 N–H and O–H groups in total. The number of Topliss-reactive ketones (excluding diaryl/α,β-unsaturated/α-hetero) is 1. The molecule has 0 aliphatic rings. The number of nitrogens with one attached hydrogen (secondary N) is 2. The second-order valence-electron chi connectivity index (χ2n) is 6.04. The van der Waals surface area contributed by atoms with E-state index in [1.165, 1.54) is 6.92 Å². The van der Waals surface area contributed by atoms with Crippen molar-refractivity contribution in [1.82, 2.24) is 15.2 Å². The number of aromatic amines is 1. The number of ketones is 1. The highest BCUT2D eigenvalue weighted by atomic mass is 32.2. The molecule has 3 aromatic rings. The van der Waals surface area contributed by atoms with Gasteiger partial charge < -0.3 is 5.32 Å². The van der Waals surface area contributed by atoms with Crippen molar-refractivity contribution in [2.24, 2.45) is 0 Å². The topological polar surface area (TPSA) is 105 Å². The van der Waals surface area contributed by atoms with Crippen LogP contribution in [0.15, 0.2) is 64.5 Å². The molecule has 7 nitrogen and oxygen atoms in total. The molecule has 0 radical (unpaired) electrons. The fourth-order valence-corrected chi connectivity index (χ4v) is 3.04. The molecule has 0 aliphatic heterocycles. The summed E-state index contributed by atoms with van der Waals surface area (Å²) in [6, 6.07) is 16.2. The van der Waals surface area contributed by atoms with Crippen LogP contribution in [-0.4, -0.2) is 32.6 Å². The van der Waals surface area contributed by atoms with Gasteiger partial charge in [-0.05, 0) is 36.8 Å². The zero-order valence-electron chi connectivity index (χ0n) is 15.1. The van der Waals surface area contributed by atoms with Crippen molar-refractivity contribution in [2.45, 2.75) is 18.5 Å². The Kier molecular flexibility index (Phi) is 6.33. The molecule has 0 fully saturated rings. The summed E-state index contributed by atoms with van der Waals surface area (Å²) in [6.07, 6.45) is 0.394. The Hall–Kier alpha value is -3.26. The molecule has 0 aliphatic carbocycles. The van der Waals surface area contributed by atoms with Crippen LogP contribution < -0.4 is 10.9 Å². The van der Waals surface area contributed by atoms with E-state index in [2.05, 4.69) is 20.5 Å². The average molecular weight is 394 g/mol. The lowest BCUT2D eigenvalue weighted by Crippen LogP contribution is -2.19. The molecule has 0 bridgehead atoms. The molecule has 2 aromatic carbocycles. The fourth-order valence-electron chi connectivity index (χ4n) is 2.43. The first kappa shape index (κ1) is 19.5. The third-order valence-corrected chi connectivity index (χ3v) is 4.74. The first-order valence-corrected chi connectivity index (χ1v) is 9.53. The van der Waals surface area contributed by atoms with Crippen LogP contribution in [0.1, 0.15) is 28.5 Å². The number of thioether (sulfide) groups is 1. The molecule has 142 valence electrons. The van der Waals surface area contributed by atoms with Gasteiger partial charge in [0.05, 0.1) is 5.75 Å². The van der Waals surface area contributed by atoms with Crippen molar-refractivity contribution in [2.75, 3.05) is 11.1 Å². The number of rotatable bonds is 7. The number of H-pyrrole nitrogens is 1. The van der Waals surface area contributed by atoms with Crippen LogP contribution in [0.25, 0.3) is 0 Å². The van der Waals surface area contributed by atoms with Crippen molar-refractivity contribution in [1.29, 1.82) is 0 Å². The van der Waals surface area contributed by atoms with Gasteiger partial charge in [-0.3, -0.25) is 19.4 Å². The van der Waals surface area contributed by atoms with Crippen LogP contribution in [0.2, 0.25) is 0 Å². The van der Waals surface area contributed by atoms with Crippen molar-refractivity contribution in [3.63, 3.8) is 0 Å². The van der Waals surface area contributed by atoms with Crippen LogP contribution in [0.3, 0.4) is 0 Å². The number of benzene rings is 2. The Morgan fingerprint density at radius 3 is 2.39 bits per heavy atom. The van der Waals surface area contributed by atoms with Crippen LogP contribution in [-0.2, 0) is 11.2 Å². The lowest BCUT2D eigenvalue weighted by atomic mass is 10.1. The van der Waals surface area contributed by atoms with E-state index in [0.717, 1.165) is 17.3 Å². The predicted octanol–water partition coefficient (Wildman–Crippen LogP) is 2.69. The summed E-state index contributed by atoms with van der Waals surface area (Å²) in [5.41, 5.74) is 2.15. The van der Waals surface area contributed by atoms with Gasteiger partial charge in [0.2, 0.25) is 5.91 Å². The summed E-state index contributed by atoms with van der Waals surface area (Å²) < 4.78 is 0. The van der Waals surface area contributed by atoms with E-state index in [1.807, 2.05) is 30.3 Å². The molecule has 3 rings (SSSR count). The zero-order chi connectivity index (χ0) is 19.9. The van der Waals surface area contributed by atoms with E-state index < -0.39 is 0 Å². The molecular weight excluding hydrogens is 376 g/mol. The number of carbonyl (C=O) groups excluding carboxylic acids is 2. The van der Waals surface area contributed by atoms with E-state index in [9.17, 15) is 14.4 Å². The van der Waals surface area contributed by atoms with Crippen molar-refractivity contribution in [3.05, 3.63) is 81.8 Å². The summed E-state index contributed by atoms with van der Waals surface area (Å²) in [7, 11) is 0. The van der Waals surface area contributed by atoms with Gasteiger partial charge in [-0.1, -0.05) is 42.1 Å². The fraction of sp³-hybridized carbons (Fsp3) is 0.150. The number of nitrogens with zero attached hydrogens (tertiary/aromatic N) is 2. The van der Waals surface area contributed by atoms with E-state index in [1.54, 1.807) is 24.3 Å². The first-order valence-electron chi connectivity index (χ1n) is 8.55. The minimum Gasteiger partial charge on any atom is -0.325 e. The van der Waals surface area contributed by atoms with E-state index in [-0.39, 0.29) is 28.2 Å². The second-order valence-corrected chi connectivity index (χ2v) is 7.00. The number of hydrogen-bond acceptors (Lipinski definition) is 6. The molecule has 1 aromatic heterocycles. The maximum atomic E-state index is 12.2. The van der Waals surface area contributed by atoms with Crippen LogP contribution >= 0.6 is 11.8 Å². The quantitative estimate of drug-likeness (QED) is 0.472. The summed E-state index contributed by atoms with van der Waals surface area (Å²) in [5, 5.41) is 11.0. The molecule has 1 heterocycles. The van der Waals surface area contributed by atoms with E-state index >= 15 is 0 Å². The average Bonchev–Trinajstić information content (AvgIpc) is 2.69. The molecular formula is C20H18N4O3S. The van der Waals surface area contributed by atoms with Crippen LogP contribution in [0.5, 0.6) is 0 Å². The highest BCUT2D eigenvalue weighted by Gasteiger charge is 2.09. The normalized spacial score (nSPS) is 10.5. The standard InChI is InChI=1S/C20H18N4O3S/c1-13(25)15-7-9-16(10-8-15)21-18(26)12-28-20-22-19(27)17(23-24-20)11-14-5-3-2-4-6-14/h2-10H,11-12H2,1H3,(H,21,26)(H,22,24,27). The Morgan fingerprint density at radius 1 is 1.04 bits per heavy atom. The van der Waals surface area contributed by atoms with Crippen molar-refractivity contribution < 1.29 is 9.59 Å². The number of amides is 1. The van der Waals surface area contributed by atoms with Crippen molar-refractivity contribution in [3.8, 4) is 0 Å². The molecule has 0 spiro atoms. The van der Waals surface area contributed by atoms with Gasteiger partial charge in [0.25, 0.3) is 5.56 Å². The Bertz CT molecular complexity index is 1030. The van der Waals surface area contributed by atoms with Crippen LogP contribution in [0.4, 0.5) is 5.69 Å². The minimum absolute atomic E-state index is 0.0355. The van der Waals surface area contributed by atoms with Crippen molar-refractivity contribution >= 4 is 29.1 Å². The molecule has 1 amide bonds. The summed E-state index contributed by atoms with van der Waals surface area (Å²) in [5.74, 6) is -0.222. The molecule has 0 saturated heterocycles. The smallest absolute Gasteiger partial charge is 0.273 e. The number of hydrogen-bond donors (Lipinski definition) is 2. The molecule has 0 atom stereocenters. The lowest BCUT2D eigenvalue weighted by molar-refractivity contribution is -0.113. The first-order chi connectivity index (χ1) is 13.5. The van der Waals surface area contributed by atoms with Crippen LogP contribution in [0, 0.1) is 0 Å². The maximum absolute atomic E-state index is 12.2. The minimum atomic E-state index is -0.318. The van der Waals surface area contributed by atoms with Gasteiger partial charge in [0, 0.05) is 17.7 Å². The SMILES string of the molecule is CC(=O)c1ccc(NC(=O)CSc2nnc(Cc3ccccc3)c(=O)[nH]2)cc1. The van der Waals surface area contributed by atoms with E-state index in [4.69, 9.17) is 0 Å². The lowest BCUT2D eigenvalue weighted by Gasteiger charge is -2.06. The summed E-state index contributed by atoms with van der Waals surface area (Å²) in [6.45, 7) is 1.48. The maximum Gasteiger partial charge on any atom is 0.273 e. The summed E-state index contributed by atoms with van der Waals surface area (Å²) in [4.78, 5) is 38.1. The Morgan fingerprint density at radius 2 is 1.75 bits per heavy atom. The number of aromatic nitrogens is 3. The second kappa shape index (κ2) is 9.09. The molecule has 0 saturated carbocycles. The third-order valence-electron chi connectivity index (χ3n) is 3.87. The Labute approximate surface area is 165 Å². The van der Waals surface area contributed by atoms with E-state index in [0.29, 0.717) is 23.4 Å². The summed E-state index contributed by atoms with van der Waals surface area (Å²) >= 11 is 1.09. The largest absolute Gasteiger partial charge is 0.325 e. The van der Waals surface area contributed by atoms with Gasteiger partial charge in [-0.2, -0.15) is 0 Å². The van der Waals surface area contributed by atoms with Gasteiger partial charge in [-0.25, -0.2) is 0 Å². The Balaban J connectivity index is 1.55. The highest BCUT2D eigenvalue weighted by molar-refractivity contribution is 7.99. The molecule has 0 unspecified atom stereocenters. The third kappa shape index (κ3) is 5.37. The van der Waals surface area contributed by atoms with Gasteiger partial charge in [-0.15, -0.1) is 10.2 Å². The highest BCUT2D eigenvalue weighted by Crippen LogP contribution is 2.13. The molecule has 8 heteroatoms. The number of anilines is 1. The van der Waals surface area contributed by atoms with Gasteiger partial charge >= 0.3 is 0 Å². The van der Waals surface area contributed by atoms with Gasteiger partial charge in [0.15, 0.2) is 10.9 Å². The predicted molar refractivity (Wildman–Crippen MR) is 108 cm³/mol. The monoisotopic (exact) mass is 394 g/mol.